The summed E-state index contributed by atoms with van der Waals surface area (Å²) in [7, 11) is 0. The lowest BCUT2D eigenvalue weighted by Gasteiger charge is -2.09. The fourth-order valence-corrected chi connectivity index (χ4v) is 1.03. The maximum Gasteiger partial charge on any atom is 0.302 e. The van der Waals surface area contributed by atoms with Gasteiger partial charge in [0.25, 0.3) is 0 Å². The lowest BCUT2D eigenvalue weighted by molar-refractivity contribution is -0.145. The van der Waals surface area contributed by atoms with Crippen molar-refractivity contribution >= 4 is 5.97 Å². The van der Waals surface area contributed by atoms with Crippen LogP contribution in [0.3, 0.4) is 0 Å². The van der Waals surface area contributed by atoms with E-state index in [0.29, 0.717) is 19.6 Å². The van der Waals surface area contributed by atoms with Gasteiger partial charge in [-0.2, -0.15) is 0 Å². The van der Waals surface area contributed by atoms with Crippen molar-refractivity contribution in [2.75, 3.05) is 13.2 Å². The Morgan fingerprint density at radius 3 is 2.50 bits per heavy atom. The summed E-state index contributed by atoms with van der Waals surface area (Å²) in [5.41, 5.74) is 0. The van der Waals surface area contributed by atoms with E-state index in [-0.39, 0.29) is 18.4 Å². The zero-order valence-electron chi connectivity index (χ0n) is 10.4. The first-order valence-electron chi connectivity index (χ1n) is 5.42. The zero-order valence-corrected chi connectivity index (χ0v) is 10.4. The summed E-state index contributed by atoms with van der Waals surface area (Å²) in [5, 5.41) is 0. The number of hydrogen-bond donors (Lipinski definition) is 0. The Kier molecular flexibility index (Phi) is 8.59. The minimum Gasteiger partial charge on any atom is -0.462 e. The summed E-state index contributed by atoms with van der Waals surface area (Å²) in [4.78, 5) is 10.6. The molecule has 0 fully saturated rings. The van der Waals surface area contributed by atoms with Crippen molar-refractivity contribution in [2.24, 2.45) is 0 Å². The first-order chi connectivity index (χ1) is 7.56. The predicted molar refractivity (Wildman–Crippen MR) is 60.7 cm³/mol. The molecular formula is C12H20O4. The average Bonchev–Trinajstić information content (AvgIpc) is 2.16. The van der Waals surface area contributed by atoms with Gasteiger partial charge in [-0.3, -0.25) is 4.79 Å². The van der Waals surface area contributed by atoms with Crippen molar-refractivity contribution in [1.82, 2.24) is 0 Å². The molecule has 0 heterocycles. The molecule has 2 unspecified atom stereocenters. The van der Waals surface area contributed by atoms with E-state index in [9.17, 15) is 4.79 Å². The molecule has 0 N–H and O–H groups in total. The molecule has 0 bridgehead atoms. The quantitative estimate of drug-likeness (QED) is 0.394. The molecule has 0 aliphatic rings. The molecule has 0 rings (SSSR count). The molecule has 0 aromatic heterocycles. The van der Waals surface area contributed by atoms with Crippen molar-refractivity contribution in [3.8, 4) is 11.8 Å². The molecule has 0 radical (unpaired) electrons. The van der Waals surface area contributed by atoms with Gasteiger partial charge in [-0.25, -0.2) is 0 Å². The third-order valence-electron chi connectivity index (χ3n) is 1.67. The van der Waals surface area contributed by atoms with E-state index in [1.807, 2.05) is 13.8 Å². The van der Waals surface area contributed by atoms with Gasteiger partial charge in [0, 0.05) is 20.0 Å². The van der Waals surface area contributed by atoms with Crippen LogP contribution in [0.2, 0.25) is 0 Å². The SMILES string of the molecule is CCOC(C)OCC#CCC(C)OC(C)=O. The third-order valence-corrected chi connectivity index (χ3v) is 1.67. The van der Waals surface area contributed by atoms with Gasteiger partial charge >= 0.3 is 5.97 Å². The van der Waals surface area contributed by atoms with E-state index < -0.39 is 0 Å². The van der Waals surface area contributed by atoms with E-state index in [1.54, 1.807) is 6.92 Å². The molecule has 16 heavy (non-hydrogen) atoms. The zero-order chi connectivity index (χ0) is 12.4. The minimum atomic E-state index is -0.282. The van der Waals surface area contributed by atoms with Crippen molar-refractivity contribution in [1.29, 1.82) is 0 Å². The Morgan fingerprint density at radius 2 is 1.94 bits per heavy atom. The summed E-state index contributed by atoms with van der Waals surface area (Å²) in [5.74, 6) is 5.43. The normalized spacial score (nSPS) is 13.5. The van der Waals surface area contributed by atoms with Crippen molar-refractivity contribution < 1.29 is 19.0 Å². The van der Waals surface area contributed by atoms with Crippen LogP contribution in [0.1, 0.15) is 34.1 Å². The van der Waals surface area contributed by atoms with Gasteiger partial charge in [-0.1, -0.05) is 11.8 Å². The van der Waals surface area contributed by atoms with Gasteiger partial charge in [0.15, 0.2) is 6.29 Å². The monoisotopic (exact) mass is 228 g/mol. The van der Waals surface area contributed by atoms with Crippen LogP contribution in [0.25, 0.3) is 0 Å². The first-order valence-corrected chi connectivity index (χ1v) is 5.42. The third kappa shape index (κ3) is 9.50. The van der Waals surface area contributed by atoms with Crippen LogP contribution in [-0.2, 0) is 19.0 Å². The Bertz CT molecular complexity index is 251. The van der Waals surface area contributed by atoms with Gasteiger partial charge in [-0.05, 0) is 20.8 Å². The van der Waals surface area contributed by atoms with Crippen molar-refractivity contribution in [3.05, 3.63) is 0 Å². The minimum absolute atomic E-state index is 0.172. The topological polar surface area (TPSA) is 44.8 Å². The summed E-state index contributed by atoms with van der Waals surface area (Å²) >= 11 is 0. The number of hydrogen-bond acceptors (Lipinski definition) is 4. The van der Waals surface area contributed by atoms with Gasteiger partial charge in [-0.15, -0.1) is 0 Å². The van der Waals surface area contributed by atoms with E-state index in [1.165, 1.54) is 6.92 Å². The number of carbonyl (C=O) groups excluding carboxylic acids is 1. The molecule has 4 nitrogen and oxygen atoms in total. The van der Waals surface area contributed by atoms with Crippen LogP contribution in [0, 0.1) is 11.8 Å². The Labute approximate surface area is 97.3 Å². The molecule has 0 aromatic rings. The molecule has 0 saturated heterocycles. The number of rotatable bonds is 6. The molecule has 0 amide bonds. The Hall–Kier alpha value is -1.05. The summed E-state index contributed by atoms with van der Waals surface area (Å²) in [6, 6.07) is 0. The second-order valence-corrected chi connectivity index (χ2v) is 3.31. The summed E-state index contributed by atoms with van der Waals surface area (Å²) in [6.07, 6.45) is 0.117. The van der Waals surface area contributed by atoms with Crippen LogP contribution in [0.5, 0.6) is 0 Å². The highest BCUT2D eigenvalue weighted by Crippen LogP contribution is 1.96. The average molecular weight is 228 g/mol. The molecule has 0 spiro atoms. The number of carbonyl (C=O) groups is 1. The molecule has 0 saturated carbocycles. The van der Waals surface area contributed by atoms with Crippen LogP contribution in [0.15, 0.2) is 0 Å². The molecule has 2 atom stereocenters. The van der Waals surface area contributed by atoms with Crippen LogP contribution < -0.4 is 0 Å². The second-order valence-electron chi connectivity index (χ2n) is 3.31. The maximum atomic E-state index is 10.6. The molecule has 4 heteroatoms. The van der Waals surface area contributed by atoms with Crippen LogP contribution in [-0.4, -0.2) is 31.6 Å². The fourth-order valence-electron chi connectivity index (χ4n) is 1.03. The highest BCUT2D eigenvalue weighted by Gasteiger charge is 2.02. The van der Waals surface area contributed by atoms with Gasteiger partial charge in [0.1, 0.15) is 12.7 Å². The van der Waals surface area contributed by atoms with Crippen molar-refractivity contribution in [2.45, 2.75) is 46.5 Å². The molecule has 0 aliphatic carbocycles. The van der Waals surface area contributed by atoms with E-state index >= 15 is 0 Å². The molecule has 92 valence electrons. The second kappa shape index (κ2) is 9.20. The standard InChI is InChI=1S/C12H20O4/c1-5-14-12(4)15-9-7-6-8-10(2)16-11(3)13/h10,12H,5,8-9H2,1-4H3. The van der Waals surface area contributed by atoms with Gasteiger partial charge in [0.05, 0.1) is 0 Å². The van der Waals surface area contributed by atoms with Gasteiger partial charge in [0.2, 0.25) is 0 Å². The Morgan fingerprint density at radius 1 is 1.25 bits per heavy atom. The van der Waals surface area contributed by atoms with E-state index in [4.69, 9.17) is 14.2 Å². The predicted octanol–water partition coefficient (Wildman–Crippen LogP) is 1.73. The van der Waals surface area contributed by atoms with Gasteiger partial charge < -0.3 is 14.2 Å². The summed E-state index contributed by atoms with van der Waals surface area (Å²) in [6.45, 7) is 7.88. The lowest BCUT2D eigenvalue weighted by Crippen LogP contribution is -2.13. The molecular weight excluding hydrogens is 208 g/mol. The fraction of sp³-hybridized carbons (Fsp3) is 0.750. The largest absolute Gasteiger partial charge is 0.462 e. The number of esters is 1. The molecule has 0 aliphatic heterocycles. The number of ether oxygens (including phenoxy) is 3. The van der Waals surface area contributed by atoms with Crippen LogP contribution in [0.4, 0.5) is 0 Å². The van der Waals surface area contributed by atoms with Crippen LogP contribution >= 0.6 is 0 Å². The summed E-state index contributed by atoms with van der Waals surface area (Å²) < 4.78 is 15.3. The Balaban J connectivity index is 3.58. The first kappa shape index (κ1) is 14.9. The smallest absolute Gasteiger partial charge is 0.302 e. The molecule has 0 aromatic carbocycles. The van der Waals surface area contributed by atoms with E-state index in [0.717, 1.165) is 0 Å². The highest BCUT2D eigenvalue weighted by atomic mass is 16.7. The van der Waals surface area contributed by atoms with Crippen molar-refractivity contribution in [3.63, 3.8) is 0 Å². The highest BCUT2D eigenvalue weighted by molar-refractivity contribution is 5.66. The maximum absolute atomic E-state index is 10.6. The van der Waals surface area contributed by atoms with E-state index in [2.05, 4.69) is 11.8 Å². The lowest BCUT2D eigenvalue weighted by atomic mass is 10.3.